The van der Waals surface area contributed by atoms with Gasteiger partial charge in [-0.2, -0.15) is 0 Å². The molecule has 0 bridgehead atoms. The Hall–Kier alpha value is -1.86. The van der Waals surface area contributed by atoms with Gasteiger partial charge in [-0.3, -0.25) is 0 Å². The first-order valence-corrected chi connectivity index (χ1v) is 8.45. The van der Waals surface area contributed by atoms with Gasteiger partial charge in [0.15, 0.2) is 5.03 Å². The minimum atomic E-state index is -3.56. The number of H-pyrrole nitrogens is 1. The summed E-state index contributed by atoms with van der Waals surface area (Å²) in [6.07, 6.45) is 2.72. The van der Waals surface area contributed by atoms with E-state index >= 15 is 0 Å². The lowest BCUT2D eigenvalue weighted by Crippen LogP contribution is -2.43. The van der Waals surface area contributed by atoms with Gasteiger partial charge in [0.1, 0.15) is 5.82 Å². The van der Waals surface area contributed by atoms with Crippen molar-refractivity contribution in [3.05, 3.63) is 41.9 Å². The molecule has 7 heteroatoms. The summed E-state index contributed by atoms with van der Waals surface area (Å²) in [7, 11) is -3.56. The highest BCUT2D eigenvalue weighted by atomic mass is 32.2. The Morgan fingerprint density at radius 3 is 2.95 bits per heavy atom. The van der Waals surface area contributed by atoms with E-state index < -0.39 is 10.0 Å². The molecule has 0 saturated heterocycles. The molecule has 1 unspecified atom stereocenters. The number of rotatable bonds is 4. The van der Waals surface area contributed by atoms with Gasteiger partial charge in [-0.1, -0.05) is 25.1 Å². The maximum absolute atomic E-state index is 12.3. The van der Waals surface area contributed by atoms with Crippen LogP contribution in [0.1, 0.15) is 18.3 Å². The highest BCUT2D eigenvalue weighted by Gasteiger charge is 2.25. The summed E-state index contributed by atoms with van der Waals surface area (Å²) in [5, 5.41) is 3.37. The predicted molar refractivity (Wildman–Crippen MR) is 80.7 cm³/mol. The number of aromatic nitrogens is 2. The van der Waals surface area contributed by atoms with Crippen molar-refractivity contribution in [2.75, 3.05) is 11.9 Å². The Balaban J connectivity index is 1.75. The molecule has 112 valence electrons. The molecule has 2 aromatic rings. The van der Waals surface area contributed by atoms with Crippen LogP contribution >= 0.6 is 0 Å². The Morgan fingerprint density at radius 2 is 2.19 bits per heavy atom. The number of nitrogens with one attached hydrogen (secondary N) is 3. The van der Waals surface area contributed by atoms with Gasteiger partial charge >= 0.3 is 0 Å². The quantitative estimate of drug-likeness (QED) is 0.794. The Labute approximate surface area is 124 Å². The molecule has 1 aromatic carbocycles. The summed E-state index contributed by atoms with van der Waals surface area (Å²) in [4.78, 5) is 6.87. The number of hydrogen-bond acceptors (Lipinski definition) is 4. The van der Waals surface area contributed by atoms with E-state index in [9.17, 15) is 8.42 Å². The van der Waals surface area contributed by atoms with Crippen LogP contribution in [0.3, 0.4) is 0 Å². The van der Waals surface area contributed by atoms with Crippen LogP contribution in [0.5, 0.6) is 0 Å². The first-order chi connectivity index (χ1) is 10.1. The fourth-order valence-corrected chi connectivity index (χ4v) is 3.64. The molecule has 1 atom stereocenters. The van der Waals surface area contributed by atoms with Gasteiger partial charge in [-0.25, -0.2) is 18.1 Å². The van der Waals surface area contributed by atoms with E-state index in [0.717, 1.165) is 11.3 Å². The van der Waals surface area contributed by atoms with Crippen LogP contribution in [-0.4, -0.2) is 31.0 Å². The molecule has 0 saturated carbocycles. The number of para-hydroxylation sites is 1. The molecular formula is C14H18N4O2S. The SMILES string of the molecule is CCc1ncc(S(=O)(=O)NC2CNc3ccccc3C2)[nH]1. The number of aromatic amines is 1. The van der Waals surface area contributed by atoms with E-state index in [1.54, 1.807) is 0 Å². The van der Waals surface area contributed by atoms with E-state index in [-0.39, 0.29) is 11.1 Å². The molecule has 0 amide bonds. The number of sulfonamides is 1. The second-order valence-corrected chi connectivity index (χ2v) is 6.79. The molecule has 6 nitrogen and oxygen atoms in total. The number of fused-ring (bicyclic) bond motifs is 1. The average molecular weight is 306 g/mol. The van der Waals surface area contributed by atoms with Crippen molar-refractivity contribution in [2.45, 2.75) is 30.8 Å². The second kappa shape index (κ2) is 5.50. The lowest BCUT2D eigenvalue weighted by Gasteiger charge is -2.26. The van der Waals surface area contributed by atoms with Crippen LogP contribution in [0.25, 0.3) is 0 Å². The fraction of sp³-hybridized carbons (Fsp3) is 0.357. The summed E-state index contributed by atoms with van der Waals surface area (Å²) in [5.74, 6) is 0.669. The van der Waals surface area contributed by atoms with Crippen LogP contribution < -0.4 is 10.0 Å². The second-order valence-electron chi connectivity index (χ2n) is 5.11. The molecule has 1 aliphatic rings. The van der Waals surface area contributed by atoms with Crippen molar-refractivity contribution in [2.24, 2.45) is 0 Å². The lowest BCUT2D eigenvalue weighted by molar-refractivity contribution is 0.546. The average Bonchev–Trinajstić information content (AvgIpc) is 2.96. The highest BCUT2D eigenvalue weighted by molar-refractivity contribution is 7.89. The van der Waals surface area contributed by atoms with E-state index in [1.165, 1.54) is 6.20 Å². The van der Waals surface area contributed by atoms with Crippen LogP contribution in [-0.2, 0) is 22.9 Å². The summed E-state index contributed by atoms with van der Waals surface area (Å²) < 4.78 is 27.4. The smallest absolute Gasteiger partial charge is 0.257 e. The van der Waals surface area contributed by atoms with E-state index in [0.29, 0.717) is 25.2 Å². The summed E-state index contributed by atoms with van der Waals surface area (Å²) in [6, 6.07) is 7.77. The third-order valence-electron chi connectivity index (χ3n) is 3.57. The zero-order chi connectivity index (χ0) is 14.9. The number of benzene rings is 1. The molecule has 3 N–H and O–H groups in total. The van der Waals surface area contributed by atoms with Crippen molar-refractivity contribution in [1.82, 2.24) is 14.7 Å². The normalized spacial score (nSPS) is 18.0. The number of nitrogens with zero attached hydrogens (tertiary/aromatic N) is 1. The molecule has 0 aliphatic carbocycles. The van der Waals surface area contributed by atoms with Crippen molar-refractivity contribution < 1.29 is 8.42 Å². The molecular weight excluding hydrogens is 288 g/mol. The Morgan fingerprint density at radius 1 is 1.38 bits per heavy atom. The first kappa shape index (κ1) is 14.1. The number of anilines is 1. The number of hydrogen-bond donors (Lipinski definition) is 3. The molecule has 2 heterocycles. The van der Waals surface area contributed by atoms with Gasteiger partial charge in [-0.15, -0.1) is 0 Å². The third-order valence-corrected chi connectivity index (χ3v) is 5.00. The number of imidazole rings is 1. The molecule has 21 heavy (non-hydrogen) atoms. The maximum Gasteiger partial charge on any atom is 0.257 e. The van der Waals surface area contributed by atoms with Crippen molar-refractivity contribution in [1.29, 1.82) is 0 Å². The molecule has 0 fully saturated rings. The lowest BCUT2D eigenvalue weighted by atomic mass is 10.0. The van der Waals surface area contributed by atoms with Gasteiger partial charge < -0.3 is 10.3 Å². The molecule has 1 aromatic heterocycles. The van der Waals surface area contributed by atoms with Gasteiger partial charge in [0.05, 0.1) is 6.20 Å². The minimum absolute atomic E-state index is 0.123. The van der Waals surface area contributed by atoms with Crippen LogP contribution in [0.2, 0.25) is 0 Å². The largest absolute Gasteiger partial charge is 0.383 e. The summed E-state index contributed by atoms with van der Waals surface area (Å²) in [6.45, 7) is 2.50. The molecule has 1 aliphatic heterocycles. The van der Waals surface area contributed by atoms with Crippen LogP contribution in [0, 0.1) is 0 Å². The van der Waals surface area contributed by atoms with Crippen molar-refractivity contribution in [3.63, 3.8) is 0 Å². The fourth-order valence-electron chi connectivity index (χ4n) is 2.47. The summed E-state index contributed by atoms with van der Waals surface area (Å²) in [5.41, 5.74) is 2.19. The summed E-state index contributed by atoms with van der Waals surface area (Å²) >= 11 is 0. The zero-order valence-corrected chi connectivity index (χ0v) is 12.6. The van der Waals surface area contributed by atoms with E-state index in [4.69, 9.17) is 0 Å². The van der Waals surface area contributed by atoms with Crippen LogP contribution in [0.15, 0.2) is 35.5 Å². The highest BCUT2D eigenvalue weighted by Crippen LogP contribution is 2.21. The third kappa shape index (κ3) is 2.93. The molecule has 3 rings (SSSR count). The van der Waals surface area contributed by atoms with Gasteiger partial charge in [0.25, 0.3) is 10.0 Å². The predicted octanol–water partition coefficient (Wildman–Crippen LogP) is 1.29. The van der Waals surface area contributed by atoms with Gasteiger partial charge in [-0.05, 0) is 18.1 Å². The Bertz CT molecular complexity index is 739. The zero-order valence-electron chi connectivity index (χ0n) is 11.8. The molecule has 0 radical (unpaired) electrons. The molecule has 0 spiro atoms. The standard InChI is InChI=1S/C14H18N4O2S/c1-2-13-16-9-14(17-13)21(19,20)18-11-7-10-5-3-4-6-12(10)15-8-11/h3-6,9,11,15,18H,2,7-8H2,1H3,(H,16,17). The van der Waals surface area contributed by atoms with E-state index in [2.05, 4.69) is 20.0 Å². The van der Waals surface area contributed by atoms with Crippen molar-refractivity contribution in [3.8, 4) is 0 Å². The van der Waals surface area contributed by atoms with Gasteiger partial charge in [0, 0.05) is 24.7 Å². The van der Waals surface area contributed by atoms with Crippen LogP contribution in [0.4, 0.5) is 5.69 Å². The number of aryl methyl sites for hydroxylation is 1. The monoisotopic (exact) mass is 306 g/mol. The minimum Gasteiger partial charge on any atom is -0.383 e. The van der Waals surface area contributed by atoms with Gasteiger partial charge in [0.2, 0.25) is 0 Å². The Kier molecular flexibility index (Phi) is 3.69. The topological polar surface area (TPSA) is 86.9 Å². The first-order valence-electron chi connectivity index (χ1n) is 6.96. The maximum atomic E-state index is 12.3. The van der Waals surface area contributed by atoms with Crippen molar-refractivity contribution >= 4 is 15.7 Å². The van der Waals surface area contributed by atoms with E-state index in [1.807, 2.05) is 31.2 Å².